The van der Waals surface area contributed by atoms with Gasteiger partial charge < -0.3 is 5.32 Å². The van der Waals surface area contributed by atoms with E-state index >= 15 is 0 Å². The molecule has 4 rings (SSSR count). The fourth-order valence-electron chi connectivity index (χ4n) is 3.72. The van der Waals surface area contributed by atoms with Gasteiger partial charge in [0.05, 0.1) is 16.6 Å². The first-order chi connectivity index (χ1) is 13.4. The van der Waals surface area contributed by atoms with E-state index in [1.807, 2.05) is 56.3 Å². The van der Waals surface area contributed by atoms with Crippen LogP contribution < -0.4 is 9.62 Å². The Bertz CT molecular complexity index is 1150. The summed E-state index contributed by atoms with van der Waals surface area (Å²) in [6.45, 7) is 3.77. The van der Waals surface area contributed by atoms with Crippen LogP contribution in [0.15, 0.2) is 65.6 Å². The van der Waals surface area contributed by atoms with Gasteiger partial charge in [-0.1, -0.05) is 61.0 Å². The van der Waals surface area contributed by atoms with Crippen molar-refractivity contribution in [2.45, 2.75) is 31.2 Å². The van der Waals surface area contributed by atoms with E-state index < -0.39 is 10.0 Å². The summed E-state index contributed by atoms with van der Waals surface area (Å²) >= 11 is 0. The number of carbonyl (C=O) groups is 1. The van der Waals surface area contributed by atoms with Crippen LogP contribution in [0.4, 0.5) is 5.69 Å². The average molecular weight is 394 g/mol. The van der Waals surface area contributed by atoms with Gasteiger partial charge in [0.15, 0.2) is 0 Å². The highest BCUT2D eigenvalue weighted by atomic mass is 32.2. The van der Waals surface area contributed by atoms with Crippen LogP contribution in [0.1, 0.15) is 30.5 Å². The maximum atomic E-state index is 13.0. The predicted octanol–water partition coefficient (Wildman–Crippen LogP) is 3.92. The molecule has 3 aromatic carbocycles. The summed E-state index contributed by atoms with van der Waals surface area (Å²) in [6.07, 6.45) is 0.720. The third-order valence-electron chi connectivity index (χ3n) is 5.19. The molecule has 144 valence electrons. The number of nitrogens with one attached hydrogen (secondary N) is 1. The van der Waals surface area contributed by atoms with Crippen molar-refractivity contribution in [3.8, 4) is 0 Å². The molecule has 1 heterocycles. The number of hydrogen-bond donors (Lipinski definition) is 1. The summed E-state index contributed by atoms with van der Waals surface area (Å²) in [5.41, 5.74) is 2.72. The van der Waals surface area contributed by atoms with E-state index in [4.69, 9.17) is 0 Å². The minimum absolute atomic E-state index is 0.156. The van der Waals surface area contributed by atoms with Crippen molar-refractivity contribution in [1.82, 2.24) is 5.32 Å². The Morgan fingerprint density at radius 3 is 2.39 bits per heavy atom. The number of amides is 1. The lowest BCUT2D eigenvalue weighted by Crippen LogP contribution is -2.40. The first kappa shape index (κ1) is 18.5. The second-order valence-electron chi connectivity index (χ2n) is 7.08. The Balaban J connectivity index is 1.60. The predicted molar refractivity (Wildman–Crippen MR) is 111 cm³/mol. The highest BCUT2D eigenvalue weighted by Crippen LogP contribution is 2.41. The number of rotatable bonds is 5. The molecule has 1 aliphatic heterocycles. The summed E-state index contributed by atoms with van der Waals surface area (Å²) in [5, 5.41) is 4.52. The largest absolute Gasteiger partial charge is 0.348 e. The molecule has 0 spiro atoms. The first-order valence-electron chi connectivity index (χ1n) is 9.32. The summed E-state index contributed by atoms with van der Waals surface area (Å²) in [6, 6.07) is 18.5. The Hall–Kier alpha value is -2.86. The molecule has 1 amide bonds. The van der Waals surface area contributed by atoms with Gasteiger partial charge in [0.1, 0.15) is 6.54 Å². The van der Waals surface area contributed by atoms with Crippen LogP contribution in [-0.4, -0.2) is 20.9 Å². The zero-order valence-corrected chi connectivity index (χ0v) is 16.7. The molecule has 6 heteroatoms. The summed E-state index contributed by atoms with van der Waals surface area (Å²) < 4.78 is 27.2. The molecule has 1 atom stereocenters. The molecule has 0 aromatic heterocycles. The van der Waals surface area contributed by atoms with Crippen molar-refractivity contribution in [2.24, 2.45) is 0 Å². The Labute approximate surface area is 165 Å². The van der Waals surface area contributed by atoms with Gasteiger partial charge in [-0.15, -0.1) is 0 Å². The Morgan fingerprint density at radius 2 is 1.71 bits per heavy atom. The van der Waals surface area contributed by atoms with Gasteiger partial charge in [0.2, 0.25) is 5.91 Å². The molecular weight excluding hydrogens is 372 g/mol. The maximum absolute atomic E-state index is 13.0. The number of sulfonamides is 1. The zero-order valence-electron chi connectivity index (χ0n) is 15.8. The SMILES string of the molecule is CC[C@@H](NC(=O)CN1c2cccc3cccc(c23)S1(=O)=O)c1ccc(C)cc1. The van der Waals surface area contributed by atoms with Crippen LogP contribution in [0, 0.1) is 6.92 Å². The molecule has 0 saturated heterocycles. The van der Waals surface area contributed by atoms with Crippen LogP contribution >= 0.6 is 0 Å². The topological polar surface area (TPSA) is 66.5 Å². The molecule has 5 nitrogen and oxygen atoms in total. The van der Waals surface area contributed by atoms with Crippen molar-refractivity contribution in [3.05, 3.63) is 71.8 Å². The molecule has 28 heavy (non-hydrogen) atoms. The van der Waals surface area contributed by atoms with Gasteiger partial charge in [0.25, 0.3) is 10.0 Å². The highest BCUT2D eigenvalue weighted by Gasteiger charge is 2.36. The Kier molecular flexibility index (Phi) is 4.59. The highest BCUT2D eigenvalue weighted by molar-refractivity contribution is 7.93. The number of nitrogens with zero attached hydrogens (tertiary/aromatic N) is 1. The van der Waals surface area contributed by atoms with E-state index in [0.29, 0.717) is 11.1 Å². The van der Waals surface area contributed by atoms with Crippen LogP contribution in [-0.2, 0) is 14.8 Å². The standard InChI is InChI=1S/C22H22N2O3S/c1-3-18(16-12-10-15(2)11-13-16)23-21(25)14-24-19-8-4-6-17-7-5-9-20(22(17)19)28(24,26)27/h4-13,18H,3,14H2,1-2H3,(H,23,25)/t18-/m1/s1. The van der Waals surface area contributed by atoms with Gasteiger partial charge >= 0.3 is 0 Å². The van der Waals surface area contributed by atoms with E-state index in [9.17, 15) is 13.2 Å². The number of anilines is 1. The van der Waals surface area contributed by atoms with Crippen LogP contribution in [0.2, 0.25) is 0 Å². The molecule has 0 unspecified atom stereocenters. The number of benzene rings is 3. The van der Waals surface area contributed by atoms with Crippen molar-refractivity contribution >= 4 is 32.4 Å². The molecule has 3 aromatic rings. The van der Waals surface area contributed by atoms with Gasteiger partial charge in [0, 0.05) is 5.39 Å². The second kappa shape index (κ2) is 6.95. The van der Waals surface area contributed by atoms with Gasteiger partial charge in [-0.05, 0) is 36.4 Å². The van der Waals surface area contributed by atoms with Crippen molar-refractivity contribution in [1.29, 1.82) is 0 Å². The van der Waals surface area contributed by atoms with Crippen LogP contribution in [0.5, 0.6) is 0 Å². The Morgan fingerprint density at radius 1 is 1.04 bits per heavy atom. The lowest BCUT2D eigenvalue weighted by molar-refractivity contribution is -0.120. The molecule has 0 radical (unpaired) electrons. The van der Waals surface area contributed by atoms with E-state index in [0.717, 1.165) is 22.9 Å². The normalized spacial score (nSPS) is 15.6. The summed E-state index contributed by atoms with van der Waals surface area (Å²) in [7, 11) is -3.73. The summed E-state index contributed by atoms with van der Waals surface area (Å²) in [4.78, 5) is 13.0. The van der Waals surface area contributed by atoms with Gasteiger partial charge in [-0.2, -0.15) is 0 Å². The number of aryl methyl sites for hydroxylation is 1. The lowest BCUT2D eigenvalue weighted by Gasteiger charge is -2.22. The number of carbonyl (C=O) groups excluding carboxylic acids is 1. The molecule has 0 aliphatic carbocycles. The monoisotopic (exact) mass is 394 g/mol. The van der Waals surface area contributed by atoms with E-state index in [1.54, 1.807) is 18.2 Å². The van der Waals surface area contributed by atoms with Crippen LogP contribution in [0.3, 0.4) is 0 Å². The van der Waals surface area contributed by atoms with Gasteiger partial charge in [-0.25, -0.2) is 8.42 Å². The molecular formula is C22H22N2O3S. The van der Waals surface area contributed by atoms with Gasteiger partial charge in [-0.3, -0.25) is 9.10 Å². The lowest BCUT2D eigenvalue weighted by atomic mass is 10.0. The van der Waals surface area contributed by atoms with Crippen LogP contribution in [0.25, 0.3) is 10.8 Å². The first-order valence-corrected chi connectivity index (χ1v) is 10.8. The fraction of sp³-hybridized carbons (Fsp3) is 0.227. The second-order valence-corrected chi connectivity index (χ2v) is 8.91. The van der Waals surface area contributed by atoms with E-state index in [-0.39, 0.29) is 23.4 Å². The quantitative estimate of drug-likeness (QED) is 0.713. The van der Waals surface area contributed by atoms with E-state index in [2.05, 4.69) is 5.32 Å². The molecule has 1 aliphatic rings. The van der Waals surface area contributed by atoms with Crippen molar-refractivity contribution in [3.63, 3.8) is 0 Å². The fourth-order valence-corrected chi connectivity index (χ4v) is 5.39. The molecule has 0 fully saturated rings. The van der Waals surface area contributed by atoms with E-state index in [1.165, 1.54) is 4.31 Å². The smallest absolute Gasteiger partial charge is 0.265 e. The summed E-state index contributed by atoms with van der Waals surface area (Å²) in [5.74, 6) is -0.319. The zero-order chi connectivity index (χ0) is 19.9. The third kappa shape index (κ3) is 3.03. The number of hydrogen-bond acceptors (Lipinski definition) is 3. The third-order valence-corrected chi connectivity index (χ3v) is 6.99. The maximum Gasteiger partial charge on any atom is 0.265 e. The molecule has 0 bridgehead atoms. The molecule has 1 N–H and O–H groups in total. The van der Waals surface area contributed by atoms with Crippen molar-refractivity contribution < 1.29 is 13.2 Å². The van der Waals surface area contributed by atoms with Crippen molar-refractivity contribution in [2.75, 3.05) is 10.8 Å². The minimum atomic E-state index is -3.73. The minimum Gasteiger partial charge on any atom is -0.348 e. The average Bonchev–Trinajstić information content (AvgIpc) is 2.90. The molecule has 0 saturated carbocycles.